The molecule has 0 radical (unpaired) electrons. The summed E-state index contributed by atoms with van der Waals surface area (Å²) in [5, 5.41) is 3.81. The second-order valence-electron chi connectivity index (χ2n) is 2.64. The van der Waals surface area contributed by atoms with Gasteiger partial charge in [-0.1, -0.05) is 5.16 Å². The minimum atomic E-state index is 0.540. The number of ether oxygens (including phenoxy) is 1. The summed E-state index contributed by atoms with van der Waals surface area (Å²) in [5.74, 6) is 0.824. The van der Waals surface area contributed by atoms with Crippen LogP contribution in [-0.2, 0) is 11.3 Å². The van der Waals surface area contributed by atoms with Crippen LogP contribution in [-0.4, -0.2) is 18.3 Å². The molecular formula is C8H14N2O2. The minimum Gasteiger partial charge on any atom is -0.375 e. The first-order valence-electron chi connectivity index (χ1n) is 3.95. The highest BCUT2D eigenvalue weighted by Gasteiger charge is 2.07. The molecule has 1 aromatic heterocycles. The van der Waals surface area contributed by atoms with Crippen LogP contribution >= 0.6 is 0 Å². The summed E-state index contributed by atoms with van der Waals surface area (Å²) in [4.78, 5) is 0. The van der Waals surface area contributed by atoms with E-state index in [9.17, 15) is 0 Å². The second kappa shape index (κ2) is 4.23. The summed E-state index contributed by atoms with van der Waals surface area (Å²) in [6.45, 7) is 5.44. The number of rotatable bonds is 4. The summed E-state index contributed by atoms with van der Waals surface area (Å²) < 4.78 is 10.2. The highest BCUT2D eigenvalue weighted by atomic mass is 16.5. The average Bonchev–Trinajstić information content (AvgIpc) is 2.35. The quantitative estimate of drug-likeness (QED) is 0.678. The van der Waals surface area contributed by atoms with Gasteiger partial charge in [-0.2, -0.15) is 0 Å². The van der Waals surface area contributed by atoms with Crippen molar-refractivity contribution in [3.63, 3.8) is 0 Å². The lowest BCUT2D eigenvalue weighted by molar-refractivity contribution is 0.127. The standard InChI is InChI=1S/C8H14N2O2/c1-6-8(5-11-4-3-9)7(2)12-10-6/h3-5,9H2,1-2H3. The molecule has 4 nitrogen and oxygen atoms in total. The summed E-state index contributed by atoms with van der Waals surface area (Å²) in [6, 6.07) is 0. The van der Waals surface area contributed by atoms with Gasteiger partial charge in [0.25, 0.3) is 0 Å². The third kappa shape index (κ3) is 2.06. The Kier molecular flexibility index (Phi) is 3.25. The third-order valence-corrected chi connectivity index (χ3v) is 1.69. The molecule has 0 unspecified atom stereocenters. The molecule has 0 bridgehead atoms. The Morgan fingerprint density at radius 3 is 2.75 bits per heavy atom. The van der Waals surface area contributed by atoms with Crippen LogP contribution in [0.25, 0.3) is 0 Å². The number of hydrogen-bond donors (Lipinski definition) is 1. The molecule has 0 aliphatic rings. The first-order valence-corrected chi connectivity index (χ1v) is 3.95. The van der Waals surface area contributed by atoms with Gasteiger partial charge >= 0.3 is 0 Å². The first-order chi connectivity index (χ1) is 5.75. The molecule has 0 aliphatic carbocycles. The maximum Gasteiger partial charge on any atom is 0.139 e. The highest BCUT2D eigenvalue weighted by Crippen LogP contribution is 2.12. The summed E-state index contributed by atoms with van der Waals surface area (Å²) in [5.41, 5.74) is 7.20. The van der Waals surface area contributed by atoms with E-state index in [1.54, 1.807) is 0 Å². The van der Waals surface area contributed by atoms with Gasteiger partial charge in [0.05, 0.1) is 18.9 Å². The van der Waals surface area contributed by atoms with Gasteiger partial charge in [0, 0.05) is 12.1 Å². The van der Waals surface area contributed by atoms with Gasteiger partial charge in [0.15, 0.2) is 0 Å². The third-order valence-electron chi connectivity index (χ3n) is 1.69. The topological polar surface area (TPSA) is 61.3 Å². The lowest BCUT2D eigenvalue weighted by Gasteiger charge is -2.00. The molecule has 0 fully saturated rings. The van der Waals surface area contributed by atoms with Gasteiger partial charge in [-0.3, -0.25) is 0 Å². The molecule has 0 saturated carbocycles. The van der Waals surface area contributed by atoms with Crippen molar-refractivity contribution in [1.82, 2.24) is 5.16 Å². The molecule has 0 aromatic carbocycles. The molecule has 0 amide bonds. The Morgan fingerprint density at radius 2 is 2.25 bits per heavy atom. The minimum absolute atomic E-state index is 0.540. The SMILES string of the molecule is Cc1noc(C)c1COCCN. The number of hydrogen-bond acceptors (Lipinski definition) is 4. The van der Waals surface area contributed by atoms with E-state index in [1.165, 1.54) is 0 Å². The zero-order valence-electron chi connectivity index (χ0n) is 7.46. The number of aryl methyl sites for hydroxylation is 2. The molecule has 0 atom stereocenters. The summed E-state index contributed by atoms with van der Waals surface area (Å²) >= 11 is 0. The van der Waals surface area contributed by atoms with E-state index in [1.807, 2.05) is 13.8 Å². The van der Waals surface area contributed by atoms with Gasteiger partial charge in [-0.05, 0) is 13.8 Å². The molecule has 68 valence electrons. The molecule has 1 aromatic rings. The van der Waals surface area contributed by atoms with Crippen LogP contribution in [0, 0.1) is 13.8 Å². The van der Waals surface area contributed by atoms with Crippen molar-refractivity contribution >= 4 is 0 Å². The fraction of sp³-hybridized carbons (Fsp3) is 0.625. The zero-order valence-corrected chi connectivity index (χ0v) is 7.46. The van der Waals surface area contributed by atoms with Gasteiger partial charge in [-0.15, -0.1) is 0 Å². The van der Waals surface area contributed by atoms with E-state index in [-0.39, 0.29) is 0 Å². The van der Waals surface area contributed by atoms with Crippen LogP contribution in [0.1, 0.15) is 17.0 Å². The largest absolute Gasteiger partial charge is 0.375 e. The lowest BCUT2D eigenvalue weighted by atomic mass is 10.2. The van der Waals surface area contributed by atoms with Crippen LogP contribution in [0.2, 0.25) is 0 Å². The molecular weight excluding hydrogens is 156 g/mol. The molecule has 4 heteroatoms. The molecule has 1 rings (SSSR count). The van der Waals surface area contributed by atoms with Gasteiger partial charge < -0.3 is 15.0 Å². The van der Waals surface area contributed by atoms with E-state index in [4.69, 9.17) is 15.0 Å². The zero-order chi connectivity index (χ0) is 8.97. The van der Waals surface area contributed by atoms with E-state index in [0.717, 1.165) is 17.0 Å². The molecule has 1 heterocycles. The highest BCUT2D eigenvalue weighted by molar-refractivity contribution is 5.19. The van der Waals surface area contributed by atoms with Crippen LogP contribution in [0.15, 0.2) is 4.52 Å². The Bertz CT molecular complexity index is 226. The van der Waals surface area contributed by atoms with Gasteiger partial charge in [0.1, 0.15) is 5.76 Å². The van der Waals surface area contributed by atoms with Gasteiger partial charge in [0.2, 0.25) is 0 Å². The number of nitrogens with two attached hydrogens (primary N) is 1. The molecule has 0 aliphatic heterocycles. The Hall–Kier alpha value is -0.870. The van der Waals surface area contributed by atoms with Crippen molar-refractivity contribution in [1.29, 1.82) is 0 Å². The fourth-order valence-electron chi connectivity index (χ4n) is 0.966. The van der Waals surface area contributed by atoms with Crippen molar-refractivity contribution in [2.75, 3.05) is 13.2 Å². The normalized spacial score (nSPS) is 10.6. The van der Waals surface area contributed by atoms with E-state index in [0.29, 0.717) is 19.8 Å². The smallest absolute Gasteiger partial charge is 0.139 e. The molecule has 12 heavy (non-hydrogen) atoms. The maximum atomic E-state index is 5.28. The Morgan fingerprint density at radius 1 is 1.50 bits per heavy atom. The molecule has 0 saturated heterocycles. The van der Waals surface area contributed by atoms with Crippen LogP contribution in [0.3, 0.4) is 0 Å². The lowest BCUT2D eigenvalue weighted by Crippen LogP contribution is -2.08. The maximum absolute atomic E-state index is 5.28. The summed E-state index contributed by atoms with van der Waals surface area (Å²) in [6.07, 6.45) is 0. The predicted molar refractivity (Wildman–Crippen MR) is 44.7 cm³/mol. The van der Waals surface area contributed by atoms with Crippen molar-refractivity contribution in [3.8, 4) is 0 Å². The van der Waals surface area contributed by atoms with Gasteiger partial charge in [-0.25, -0.2) is 0 Å². The second-order valence-corrected chi connectivity index (χ2v) is 2.64. The Labute approximate surface area is 71.7 Å². The van der Waals surface area contributed by atoms with Crippen molar-refractivity contribution in [3.05, 3.63) is 17.0 Å². The first kappa shape index (κ1) is 9.22. The van der Waals surface area contributed by atoms with E-state index < -0.39 is 0 Å². The average molecular weight is 170 g/mol. The fourth-order valence-corrected chi connectivity index (χ4v) is 0.966. The van der Waals surface area contributed by atoms with Crippen LogP contribution < -0.4 is 5.73 Å². The van der Waals surface area contributed by atoms with Crippen molar-refractivity contribution in [2.45, 2.75) is 20.5 Å². The molecule has 2 N–H and O–H groups in total. The van der Waals surface area contributed by atoms with E-state index >= 15 is 0 Å². The Balaban J connectivity index is 2.50. The van der Waals surface area contributed by atoms with Crippen LogP contribution in [0.4, 0.5) is 0 Å². The van der Waals surface area contributed by atoms with Crippen molar-refractivity contribution < 1.29 is 9.26 Å². The summed E-state index contributed by atoms with van der Waals surface area (Å²) in [7, 11) is 0. The molecule has 0 spiro atoms. The predicted octanol–water partition coefficient (Wildman–Crippen LogP) is 0.767. The monoisotopic (exact) mass is 170 g/mol. The number of aromatic nitrogens is 1. The number of nitrogens with zero attached hydrogens (tertiary/aromatic N) is 1. The van der Waals surface area contributed by atoms with Crippen molar-refractivity contribution in [2.24, 2.45) is 5.73 Å². The van der Waals surface area contributed by atoms with Crippen LogP contribution in [0.5, 0.6) is 0 Å². The van der Waals surface area contributed by atoms with E-state index in [2.05, 4.69) is 5.16 Å².